The molecule has 100 valence electrons. The van der Waals surface area contributed by atoms with Gasteiger partial charge < -0.3 is 13.9 Å². The van der Waals surface area contributed by atoms with Crippen LogP contribution in [0.3, 0.4) is 0 Å². The predicted molar refractivity (Wildman–Crippen MR) is 69.1 cm³/mol. The van der Waals surface area contributed by atoms with Crippen LogP contribution in [0.2, 0.25) is 0 Å². The van der Waals surface area contributed by atoms with Crippen LogP contribution in [0.15, 0.2) is 16.8 Å². The number of imidazole rings is 1. The summed E-state index contributed by atoms with van der Waals surface area (Å²) in [5, 5.41) is 8.33. The lowest BCUT2D eigenvalue weighted by Gasteiger charge is -2.13. The molecule has 1 atom stereocenters. The first kappa shape index (κ1) is 11.0. The Kier molecular flexibility index (Phi) is 2.36. The van der Waals surface area contributed by atoms with Gasteiger partial charge in [0.15, 0.2) is 0 Å². The number of aromatic nitrogens is 4. The number of hydrogen-bond acceptors (Lipinski definition) is 5. The summed E-state index contributed by atoms with van der Waals surface area (Å²) in [4.78, 5) is 6.62. The van der Waals surface area contributed by atoms with E-state index in [9.17, 15) is 0 Å². The zero-order chi connectivity index (χ0) is 12.8. The molecule has 6 heteroatoms. The van der Waals surface area contributed by atoms with Crippen LogP contribution < -0.4 is 4.90 Å². The van der Waals surface area contributed by atoms with Crippen molar-refractivity contribution in [3.63, 3.8) is 0 Å². The van der Waals surface area contributed by atoms with Crippen LogP contribution in [0.25, 0.3) is 0 Å². The quantitative estimate of drug-likeness (QED) is 0.839. The minimum absolute atomic E-state index is 0.455. The van der Waals surface area contributed by atoms with Crippen molar-refractivity contribution in [2.45, 2.75) is 31.1 Å². The van der Waals surface area contributed by atoms with Gasteiger partial charge in [-0.1, -0.05) is 5.10 Å². The van der Waals surface area contributed by atoms with Gasteiger partial charge in [0.2, 0.25) is 5.89 Å². The summed E-state index contributed by atoms with van der Waals surface area (Å²) in [6.07, 6.45) is 7.33. The Morgan fingerprint density at radius 1 is 1.21 bits per heavy atom. The summed E-state index contributed by atoms with van der Waals surface area (Å²) in [5.41, 5.74) is 0. The maximum atomic E-state index is 5.76. The number of aryl methyl sites for hydroxylation is 1. The highest BCUT2D eigenvalue weighted by Gasteiger charge is 2.33. The Morgan fingerprint density at radius 2 is 2.11 bits per heavy atom. The Hall–Kier alpha value is -1.85. The predicted octanol–water partition coefficient (Wildman–Crippen LogP) is 1.67. The fraction of sp³-hybridized carbons (Fsp3) is 0.615. The van der Waals surface area contributed by atoms with E-state index in [-0.39, 0.29) is 0 Å². The van der Waals surface area contributed by atoms with Gasteiger partial charge in [-0.05, 0) is 19.3 Å². The first-order chi connectivity index (χ1) is 9.31. The molecule has 2 aromatic heterocycles. The van der Waals surface area contributed by atoms with Crippen molar-refractivity contribution in [2.75, 3.05) is 18.0 Å². The Labute approximate surface area is 111 Å². The van der Waals surface area contributed by atoms with Crippen molar-refractivity contribution in [1.82, 2.24) is 19.7 Å². The van der Waals surface area contributed by atoms with Gasteiger partial charge in [0.25, 0.3) is 0 Å². The van der Waals surface area contributed by atoms with Crippen molar-refractivity contribution >= 4 is 6.01 Å². The van der Waals surface area contributed by atoms with Crippen molar-refractivity contribution in [2.24, 2.45) is 7.05 Å². The van der Waals surface area contributed by atoms with Gasteiger partial charge in [-0.25, -0.2) is 4.98 Å². The number of hydrogen-bond donors (Lipinski definition) is 0. The molecule has 0 radical (unpaired) electrons. The molecule has 2 aromatic rings. The molecule has 19 heavy (non-hydrogen) atoms. The van der Waals surface area contributed by atoms with E-state index in [1.54, 1.807) is 0 Å². The molecule has 3 heterocycles. The van der Waals surface area contributed by atoms with E-state index in [1.807, 2.05) is 19.4 Å². The number of nitrogens with zero attached hydrogens (tertiary/aromatic N) is 5. The molecule has 2 aliphatic rings. The smallest absolute Gasteiger partial charge is 0.318 e. The second-order valence-corrected chi connectivity index (χ2v) is 5.53. The second-order valence-electron chi connectivity index (χ2n) is 5.53. The van der Waals surface area contributed by atoms with Crippen molar-refractivity contribution in [3.05, 3.63) is 24.1 Å². The maximum Gasteiger partial charge on any atom is 0.318 e. The molecule has 0 N–H and O–H groups in total. The monoisotopic (exact) mass is 259 g/mol. The molecule has 1 aliphatic heterocycles. The molecule has 0 amide bonds. The van der Waals surface area contributed by atoms with Crippen molar-refractivity contribution in [1.29, 1.82) is 0 Å². The van der Waals surface area contributed by atoms with Gasteiger partial charge in [-0.2, -0.15) is 0 Å². The average Bonchev–Trinajstić information content (AvgIpc) is 2.84. The Morgan fingerprint density at radius 3 is 2.84 bits per heavy atom. The molecule has 1 unspecified atom stereocenters. The summed E-state index contributed by atoms with van der Waals surface area (Å²) >= 11 is 0. The van der Waals surface area contributed by atoms with E-state index in [2.05, 4.69) is 24.6 Å². The first-order valence-corrected chi connectivity index (χ1v) is 6.87. The van der Waals surface area contributed by atoms with Gasteiger partial charge >= 0.3 is 6.01 Å². The van der Waals surface area contributed by atoms with Crippen LogP contribution in [0.1, 0.15) is 42.8 Å². The van der Waals surface area contributed by atoms with Crippen molar-refractivity contribution < 1.29 is 4.42 Å². The average molecular weight is 259 g/mol. The van der Waals surface area contributed by atoms with E-state index in [1.165, 1.54) is 12.8 Å². The molecule has 1 saturated heterocycles. The molecular formula is C13H17N5O. The summed E-state index contributed by atoms with van der Waals surface area (Å²) in [5.74, 6) is 2.94. The van der Waals surface area contributed by atoms with Crippen LogP contribution in [-0.2, 0) is 7.05 Å². The van der Waals surface area contributed by atoms with Crippen molar-refractivity contribution in [3.8, 4) is 0 Å². The summed E-state index contributed by atoms with van der Waals surface area (Å²) in [6.45, 7) is 1.88. The highest BCUT2D eigenvalue weighted by atomic mass is 16.4. The molecule has 1 aliphatic carbocycles. The highest BCUT2D eigenvalue weighted by Crippen LogP contribution is 2.40. The van der Waals surface area contributed by atoms with E-state index in [0.29, 0.717) is 17.9 Å². The fourth-order valence-corrected chi connectivity index (χ4v) is 2.76. The zero-order valence-corrected chi connectivity index (χ0v) is 11.0. The van der Waals surface area contributed by atoms with E-state index < -0.39 is 0 Å². The molecule has 0 bridgehead atoms. The maximum absolute atomic E-state index is 5.76. The molecule has 4 rings (SSSR count). The molecule has 6 nitrogen and oxygen atoms in total. The third-order valence-electron chi connectivity index (χ3n) is 4.04. The number of rotatable bonds is 3. The fourth-order valence-electron chi connectivity index (χ4n) is 2.76. The summed E-state index contributed by atoms with van der Waals surface area (Å²) < 4.78 is 7.86. The van der Waals surface area contributed by atoms with E-state index in [0.717, 1.165) is 31.2 Å². The minimum atomic E-state index is 0.455. The van der Waals surface area contributed by atoms with E-state index in [4.69, 9.17) is 4.42 Å². The lowest BCUT2D eigenvalue weighted by Crippen LogP contribution is -2.20. The normalized spacial score (nSPS) is 23.2. The summed E-state index contributed by atoms with van der Waals surface area (Å²) in [7, 11) is 2.04. The van der Waals surface area contributed by atoms with Crippen LogP contribution >= 0.6 is 0 Å². The lowest BCUT2D eigenvalue weighted by molar-refractivity contribution is 0.491. The topological polar surface area (TPSA) is 60.0 Å². The molecule has 0 aromatic carbocycles. The van der Waals surface area contributed by atoms with Gasteiger partial charge in [-0.3, -0.25) is 0 Å². The van der Waals surface area contributed by atoms with Crippen LogP contribution in [0.5, 0.6) is 0 Å². The number of anilines is 1. The first-order valence-electron chi connectivity index (χ1n) is 6.87. The van der Waals surface area contributed by atoms with Gasteiger partial charge in [-0.15, -0.1) is 5.10 Å². The van der Waals surface area contributed by atoms with Gasteiger partial charge in [0.1, 0.15) is 5.82 Å². The molecule has 2 fully saturated rings. The minimum Gasteiger partial charge on any atom is -0.408 e. The lowest BCUT2D eigenvalue weighted by atomic mass is 10.1. The third kappa shape index (κ3) is 1.91. The summed E-state index contributed by atoms with van der Waals surface area (Å²) in [6, 6.07) is 0.679. The molecule has 0 spiro atoms. The van der Waals surface area contributed by atoms with E-state index >= 15 is 0 Å². The highest BCUT2D eigenvalue weighted by molar-refractivity contribution is 5.29. The zero-order valence-electron chi connectivity index (χ0n) is 11.0. The van der Waals surface area contributed by atoms with Crippen LogP contribution in [0, 0.1) is 0 Å². The third-order valence-corrected chi connectivity index (χ3v) is 4.04. The Bertz CT molecular complexity index is 585. The van der Waals surface area contributed by atoms with Gasteiger partial charge in [0, 0.05) is 44.4 Å². The van der Waals surface area contributed by atoms with Crippen LogP contribution in [0.4, 0.5) is 6.01 Å². The van der Waals surface area contributed by atoms with Gasteiger partial charge in [0.05, 0.1) is 0 Å². The standard InChI is InChI=1S/C13H17N5O/c1-17-7-5-14-11(17)10-4-6-18(8-10)13-16-15-12(19-13)9-2-3-9/h5,7,9-10H,2-4,6,8H2,1H3. The van der Waals surface area contributed by atoms with Crippen LogP contribution in [-0.4, -0.2) is 32.8 Å². The second kappa shape index (κ2) is 4.08. The largest absolute Gasteiger partial charge is 0.408 e. The SMILES string of the molecule is Cn1ccnc1C1CCN(c2nnc(C3CC3)o2)C1. The molecular weight excluding hydrogens is 242 g/mol. The Balaban J connectivity index is 1.50. The molecule has 1 saturated carbocycles.